The summed E-state index contributed by atoms with van der Waals surface area (Å²) in [6.07, 6.45) is 0. The Hall–Kier alpha value is -1.56. The van der Waals surface area contributed by atoms with Crippen molar-refractivity contribution in [2.75, 3.05) is 24.5 Å². The van der Waals surface area contributed by atoms with E-state index in [-0.39, 0.29) is 4.90 Å². The molecule has 0 atom stereocenters. The van der Waals surface area contributed by atoms with Crippen LogP contribution in [0.4, 0.5) is 5.69 Å². The fourth-order valence-corrected chi connectivity index (χ4v) is 3.45. The Morgan fingerprint density at radius 1 is 1.13 bits per heavy atom. The van der Waals surface area contributed by atoms with E-state index < -0.39 is 10.0 Å². The third-order valence-corrected chi connectivity index (χ3v) is 5.28. The van der Waals surface area contributed by atoms with Crippen LogP contribution in [0.5, 0.6) is 0 Å². The number of likely N-dealkylation sites (N-methyl/N-ethyl adjacent to an activating group) is 1. The highest BCUT2D eigenvalue weighted by Gasteiger charge is 2.14. The van der Waals surface area contributed by atoms with Crippen LogP contribution in [-0.2, 0) is 10.0 Å². The third-order valence-electron chi connectivity index (χ3n) is 3.55. The summed E-state index contributed by atoms with van der Waals surface area (Å²) < 4.78 is 27.1. The minimum Gasteiger partial charge on any atom is -0.370 e. The normalized spacial score (nSPS) is 11.4. The second-order valence-corrected chi connectivity index (χ2v) is 7.47. The summed E-state index contributed by atoms with van der Waals surface area (Å²) in [7, 11) is -3.51. The smallest absolute Gasteiger partial charge is 0.240 e. The molecule has 0 aliphatic heterocycles. The lowest BCUT2D eigenvalue weighted by Crippen LogP contribution is -2.35. The number of aryl methyl sites for hydroxylation is 1. The number of anilines is 1. The summed E-state index contributed by atoms with van der Waals surface area (Å²) >= 11 is 5.79. The number of nitrogens with zero attached hydrogens (tertiary/aromatic N) is 1. The Morgan fingerprint density at radius 2 is 1.83 bits per heavy atom. The quantitative estimate of drug-likeness (QED) is 0.830. The van der Waals surface area contributed by atoms with Gasteiger partial charge in [-0.1, -0.05) is 23.7 Å². The fraction of sp³-hybridized carbons (Fsp3) is 0.294. The van der Waals surface area contributed by atoms with Crippen LogP contribution in [0.1, 0.15) is 12.5 Å². The molecule has 0 aliphatic carbocycles. The van der Waals surface area contributed by atoms with Crippen LogP contribution in [0.15, 0.2) is 53.4 Å². The maximum atomic E-state index is 12.2. The van der Waals surface area contributed by atoms with Gasteiger partial charge in [0.05, 0.1) is 4.90 Å². The van der Waals surface area contributed by atoms with Gasteiger partial charge in [-0.15, -0.1) is 0 Å². The summed E-state index contributed by atoms with van der Waals surface area (Å²) in [4.78, 5) is 2.36. The highest BCUT2D eigenvalue weighted by molar-refractivity contribution is 7.89. The van der Waals surface area contributed by atoms with Crippen LogP contribution >= 0.6 is 11.6 Å². The number of hydrogen-bond acceptors (Lipinski definition) is 3. The average Bonchev–Trinajstić information content (AvgIpc) is 2.52. The van der Waals surface area contributed by atoms with Gasteiger partial charge in [0.1, 0.15) is 0 Å². The van der Waals surface area contributed by atoms with E-state index in [1.54, 1.807) is 12.1 Å². The molecule has 2 aromatic rings. The van der Waals surface area contributed by atoms with Crippen molar-refractivity contribution in [2.24, 2.45) is 0 Å². The molecule has 124 valence electrons. The van der Waals surface area contributed by atoms with Gasteiger partial charge in [-0.2, -0.15) is 0 Å². The van der Waals surface area contributed by atoms with Crippen molar-refractivity contribution in [2.45, 2.75) is 18.7 Å². The van der Waals surface area contributed by atoms with Gasteiger partial charge >= 0.3 is 0 Å². The molecule has 0 bridgehead atoms. The molecule has 2 rings (SSSR count). The molecule has 0 fully saturated rings. The molecule has 0 saturated carbocycles. The summed E-state index contributed by atoms with van der Waals surface area (Å²) in [5.41, 5.74) is 2.28. The Morgan fingerprint density at radius 3 is 2.43 bits per heavy atom. The van der Waals surface area contributed by atoms with Gasteiger partial charge in [0.2, 0.25) is 10.0 Å². The maximum absolute atomic E-state index is 12.2. The molecule has 23 heavy (non-hydrogen) atoms. The molecular weight excluding hydrogens is 332 g/mol. The van der Waals surface area contributed by atoms with Gasteiger partial charge in [0.25, 0.3) is 0 Å². The molecule has 0 amide bonds. The predicted molar refractivity (Wildman–Crippen MR) is 95.7 cm³/mol. The van der Waals surface area contributed by atoms with E-state index in [1.165, 1.54) is 17.7 Å². The van der Waals surface area contributed by atoms with Gasteiger partial charge < -0.3 is 4.90 Å². The monoisotopic (exact) mass is 352 g/mol. The minimum atomic E-state index is -3.51. The number of sulfonamides is 1. The van der Waals surface area contributed by atoms with Gasteiger partial charge in [-0.05, 0) is 55.8 Å². The summed E-state index contributed by atoms with van der Waals surface area (Å²) in [5, 5.41) is 0.514. The molecule has 0 spiro atoms. The molecular formula is C17H21ClN2O2S. The molecule has 0 unspecified atom stereocenters. The molecule has 0 aliphatic rings. The second kappa shape index (κ2) is 7.81. The van der Waals surface area contributed by atoms with Crippen LogP contribution in [0, 0.1) is 6.92 Å². The number of hydrogen-bond donors (Lipinski definition) is 1. The first-order chi connectivity index (χ1) is 10.9. The fourth-order valence-electron chi connectivity index (χ4n) is 2.31. The van der Waals surface area contributed by atoms with E-state index in [2.05, 4.69) is 22.6 Å². The van der Waals surface area contributed by atoms with Crippen molar-refractivity contribution in [1.82, 2.24) is 4.72 Å². The number of benzene rings is 2. The maximum Gasteiger partial charge on any atom is 0.240 e. The Labute approximate surface area is 143 Å². The van der Waals surface area contributed by atoms with Gasteiger partial charge in [0, 0.05) is 30.3 Å². The van der Waals surface area contributed by atoms with Gasteiger partial charge in [-0.25, -0.2) is 13.1 Å². The zero-order chi connectivity index (χ0) is 16.9. The Kier molecular flexibility index (Phi) is 6.04. The topological polar surface area (TPSA) is 49.4 Å². The highest BCUT2D eigenvalue weighted by Crippen LogP contribution is 2.16. The molecule has 4 nitrogen and oxygen atoms in total. The number of nitrogens with one attached hydrogen (secondary N) is 1. The van der Waals surface area contributed by atoms with Crippen molar-refractivity contribution in [3.05, 3.63) is 59.1 Å². The molecule has 0 heterocycles. The molecule has 1 N–H and O–H groups in total. The lowest BCUT2D eigenvalue weighted by Gasteiger charge is -2.23. The average molecular weight is 353 g/mol. The van der Waals surface area contributed by atoms with Crippen LogP contribution in [0.25, 0.3) is 0 Å². The van der Waals surface area contributed by atoms with Crippen molar-refractivity contribution < 1.29 is 8.42 Å². The van der Waals surface area contributed by atoms with Crippen LogP contribution in [-0.4, -0.2) is 28.1 Å². The van der Waals surface area contributed by atoms with Crippen molar-refractivity contribution in [1.29, 1.82) is 0 Å². The first-order valence-corrected chi connectivity index (χ1v) is 9.35. The molecule has 0 radical (unpaired) electrons. The zero-order valence-corrected chi connectivity index (χ0v) is 14.9. The second-order valence-electron chi connectivity index (χ2n) is 5.27. The lowest BCUT2D eigenvalue weighted by atomic mass is 10.2. The van der Waals surface area contributed by atoms with Gasteiger partial charge in [0.15, 0.2) is 0 Å². The van der Waals surface area contributed by atoms with Crippen molar-refractivity contribution in [3.63, 3.8) is 0 Å². The van der Waals surface area contributed by atoms with E-state index in [0.717, 1.165) is 12.2 Å². The van der Waals surface area contributed by atoms with E-state index >= 15 is 0 Å². The van der Waals surface area contributed by atoms with E-state index in [9.17, 15) is 8.42 Å². The van der Waals surface area contributed by atoms with Crippen LogP contribution in [0.2, 0.25) is 5.02 Å². The summed E-state index contributed by atoms with van der Waals surface area (Å²) in [6.45, 7) is 5.85. The van der Waals surface area contributed by atoms with E-state index in [1.807, 2.05) is 25.1 Å². The molecule has 6 heteroatoms. The first kappa shape index (κ1) is 17.8. The van der Waals surface area contributed by atoms with Crippen LogP contribution in [0.3, 0.4) is 0 Å². The predicted octanol–water partition coefficient (Wildman–Crippen LogP) is 3.45. The van der Waals surface area contributed by atoms with Crippen LogP contribution < -0.4 is 9.62 Å². The van der Waals surface area contributed by atoms with E-state index in [0.29, 0.717) is 18.1 Å². The largest absolute Gasteiger partial charge is 0.370 e. The summed E-state index contributed by atoms with van der Waals surface area (Å²) in [6, 6.07) is 14.3. The Balaban J connectivity index is 1.98. The SMILES string of the molecule is CCN(CCNS(=O)(=O)c1ccc(Cl)cc1)c1cccc(C)c1. The number of halogens is 1. The van der Waals surface area contributed by atoms with Crippen molar-refractivity contribution >= 4 is 27.3 Å². The van der Waals surface area contributed by atoms with E-state index in [4.69, 9.17) is 11.6 Å². The lowest BCUT2D eigenvalue weighted by molar-refractivity contribution is 0.581. The van der Waals surface area contributed by atoms with Gasteiger partial charge in [-0.3, -0.25) is 0 Å². The number of rotatable bonds is 7. The zero-order valence-electron chi connectivity index (χ0n) is 13.3. The highest BCUT2D eigenvalue weighted by atomic mass is 35.5. The third kappa shape index (κ3) is 4.96. The standard InChI is InChI=1S/C17H21ClN2O2S/c1-3-20(16-6-4-5-14(2)13-16)12-11-19-23(21,22)17-9-7-15(18)8-10-17/h4-10,13,19H,3,11-12H2,1-2H3. The molecule has 2 aromatic carbocycles. The van der Waals surface area contributed by atoms with Crippen molar-refractivity contribution in [3.8, 4) is 0 Å². The minimum absolute atomic E-state index is 0.223. The summed E-state index contributed by atoms with van der Waals surface area (Å²) in [5.74, 6) is 0. The molecule has 0 aromatic heterocycles. The molecule has 0 saturated heterocycles. The Bertz CT molecular complexity index is 745. The first-order valence-electron chi connectivity index (χ1n) is 7.49.